The molecule has 2 amide bonds. The number of anilines is 1. The molecule has 0 saturated carbocycles. The Hall–Kier alpha value is -3.00. The number of hydrogen-bond donors (Lipinski definition) is 3. The summed E-state index contributed by atoms with van der Waals surface area (Å²) in [6.45, 7) is 1.33. The van der Waals surface area contributed by atoms with Crippen LogP contribution in [0, 0.1) is 5.82 Å². The molecule has 0 bridgehead atoms. The smallest absolute Gasteiger partial charge is 0.411 e. The molecule has 0 aliphatic rings. The highest BCUT2D eigenvalue weighted by Gasteiger charge is 2.16. The summed E-state index contributed by atoms with van der Waals surface area (Å²) in [6.07, 6.45) is 0.240. The van der Waals surface area contributed by atoms with Crippen molar-refractivity contribution in [3.05, 3.63) is 53.8 Å². The van der Waals surface area contributed by atoms with Gasteiger partial charge in [0.2, 0.25) is 6.41 Å². The third-order valence-corrected chi connectivity index (χ3v) is 4.36. The molecule has 6 nitrogen and oxygen atoms in total. The number of alkyl halides is 1. The molecule has 0 heterocycles. The van der Waals surface area contributed by atoms with Gasteiger partial charge in [0, 0.05) is 30.9 Å². The molecule has 8 heteroatoms. The third-order valence-electron chi connectivity index (χ3n) is 4.36. The topological polar surface area (TPSA) is 81.7 Å². The molecule has 0 saturated heterocycles. The fraction of sp³-hybridized carbons (Fsp3) is 0.333. The molecule has 0 unspecified atom stereocenters. The molecule has 29 heavy (non-hydrogen) atoms. The minimum absolute atomic E-state index is 0.138. The summed E-state index contributed by atoms with van der Waals surface area (Å²) >= 11 is 0. The number of carboxylic acid groups (broad SMARTS) is 1. The first-order valence-electron chi connectivity index (χ1n) is 9.40. The van der Waals surface area contributed by atoms with Crippen LogP contribution in [0.25, 0.3) is 11.1 Å². The average Bonchev–Trinajstić information content (AvgIpc) is 2.71. The zero-order chi connectivity index (χ0) is 21.1. The highest BCUT2D eigenvalue weighted by Crippen LogP contribution is 2.27. The lowest BCUT2D eigenvalue weighted by atomic mass is 10.0. The van der Waals surface area contributed by atoms with Gasteiger partial charge in [-0.3, -0.25) is 14.1 Å². The standard InChI is InChI=1S/C21H25F2N3O3/c22-9-1-10-24-14-16-3-5-17(6-4-16)19-8-7-18(13-20(19)23)26(21(28)29)12-2-11-25-15-27/h3-8,13,15,24H,1-2,9-12,14H2,(H,25,27)(H,28,29). The number of carbonyl (C=O) groups is 2. The van der Waals surface area contributed by atoms with Gasteiger partial charge in [-0.15, -0.1) is 0 Å². The van der Waals surface area contributed by atoms with E-state index in [-0.39, 0.29) is 18.9 Å². The van der Waals surface area contributed by atoms with Crippen LogP contribution in [0.1, 0.15) is 18.4 Å². The van der Waals surface area contributed by atoms with Crippen molar-refractivity contribution in [1.82, 2.24) is 10.6 Å². The highest BCUT2D eigenvalue weighted by molar-refractivity contribution is 5.86. The Labute approximate surface area is 168 Å². The predicted molar refractivity (Wildman–Crippen MR) is 108 cm³/mol. The number of carbonyl (C=O) groups excluding carboxylic acids is 1. The predicted octanol–water partition coefficient (Wildman–Crippen LogP) is 3.56. The van der Waals surface area contributed by atoms with E-state index in [2.05, 4.69) is 10.6 Å². The molecule has 0 aromatic heterocycles. The Balaban J connectivity index is 2.07. The van der Waals surface area contributed by atoms with E-state index in [9.17, 15) is 23.5 Å². The molecule has 0 fully saturated rings. The van der Waals surface area contributed by atoms with Crippen LogP contribution in [0.2, 0.25) is 0 Å². The zero-order valence-corrected chi connectivity index (χ0v) is 16.0. The molecule has 3 N–H and O–H groups in total. The Kier molecular flexibility index (Phi) is 9.04. The first kappa shape index (κ1) is 22.3. The van der Waals surface area contributed by atoms with Crippen molar-refractivity contribution in [2.45, 2.75) is 19.4 Å². The largest absolute Gasteiger partial charge is 0.465 e. The molecular weight excluding hydrogens is 380 g/mol. The second kappa shape index (κ2) is 11.8. The summed E-state index contributed by atoms with van der Waals surface area (Å²) in [4.78, 5) is 22.8. The van der Waals surface area contributed by atoms with Crippen LogP contribution in [0.15, 0.2) is 42.5 Å². The molecule has 156 valence electrons. The fourth-order valence-electron chi connectivity index (χ4n) is 2.87. The third kappa shape index (κ3) is 6.83. The summed E-state index contributed by atoms with van der Waals surface area (Å²) < 4.78 is 26.8. The summed E-state index contributed by atoms with van der Waals surface area (Å²) in [5, 5.41) is 15.0. The number of hydrogen-bond acceptors (Lipinski definition) is 3. The average molecular weight is 405 g/mol. The molecule has 0 radical (unpaired) electrons. The summed E-state index contributed by atoms with van der Waals surface area (Å²) in [5.41, 5.74) is 2.29. The van der Waals surface area contributed by atoms with Crippen LogP contribution >= 0.6 is 0 Å². The Morgan fingerprint density at radius 1 is 1.10 bits per heavy atom. The van der Waals surface area contributed by atoms with E-state index in [1.165, 1.54) is 6.07 Å². The van der Waals surface area contributed by atoms with Crippen molar-refractivity contribution in [2.75, 3.05) is 31.2 Å². The van der Waals surface area contributed by atoms with E-state index in [1.54, 1.807) is 24.3 Å². The van der Waals surface area contributed by atoms with Crippen molar-refractivity contribution in [3.63, 3.8) is 0 Å². The van der Waals surface area contributed by atoms with Crippen molar-refractivity contribution >= 4 is 18.2 Å². The number of halogens is 2. The van der Waals surface area contributed by atoms with Gasteiger partial charge in [0.05, 0.1) is 6.67 Å². The maximum absolute atomic E-state index is 14.7. The molecule has 2 aromatic carbocycles. The van der Waals surface area contributed by atoms with Crippen LogP contribution in [0.5, 0.6) is 0 Å². The maximum Gasteiger partial charge on any atom is 0.411 e. The monoisotopic (exact) mass is 405 g/mol. The lowest BCUT2D eigenvalue weighted by Crippen LogP contribution is -2.32. The van der Waals surface area contributed by atoms with E-state index in [4.69, 9.17) is 0 Å². The maximum atomic E-state index is 14.7. The Morgan fingerprint density at radius 3 is 2.48 bits per heavy atom. The number of rotatable bonds is 12. The lowest BCUT2D eigenvalue weighted by molar-refractivity contribution is -0.109. The van der Waals surface area contributed by atoms with Gasteiger partial charge in [-0.25, -0.2) is 9.18 Å². The number of benzene rings is 2. The lowest BCUT2D eigenvalue weighted by Gasteiger charge is -2.20. The molecule has 0 aliphatic heterocycles. The quantitative estimate of drug-likeness (QED) is 0.373. The minimum Gasteiger partial charge on any atom is -0.465 e. The minimum atomic E-state index is -1.19. The molecule has 2 aromatic rings. The van der Waals surface area contributed by atoms with Gasteiger partial charge in [0.25, 0.3) is 0 Å². The van der Waals surface area contributed by atoms with Gasteiger partial charge in [-0.1, -0.05) is 24.3 Å². The van der Waals surface area contributed by atoms with Gasteiger partial charge >= 0.3 is 6.09 Å². The van der Waals surface area contributed by atoms with Crippen LogP contribution < -0.4 is 15.5 Å². The van der Waals surface area contributed by atoms with Gasteiger partial charge in [-0.05, 0) is 48.7 Å². The van der Waals surface area contributed by atoms with Crippen LogP contribution in [0.3, 0.4) is 0 Å². The van der Waals surface area contributed by atoms with Gasteiger partial charge in [-0.2, -0.15) is 0 Å². The second-order valence-corrected chi connectivity index (χ2v) is 6.44. The number of nitrogens with zero attached hydrogens (tertiary/aromatic N) is 1. The summed E-state index contributed by atoms with van der Waals surface area (Å²) in [5.74, 6) is -0.520. The first-order valence-corrected chi connectivity index (χ1v) is 9.40. The number of nitrogens with one attached hydrogen (secondary N) is 2. The van der Waals surface area contributed by atoms with Crippen molar-refractivity contribution < 1.29 is 23.5 Å². The molecule has 0 aliphatic carbocycles. The second-order valence-electron chi connectivity index (χ2n) is 6.44. The number of amides is 2. The Bertz CT molecular complexity index is 800. The van der Waals surface area contributed by atoms with Crippen LogP contribution in [-0.2, 0) is 11.3 Å². The van der Waals surface area contributed by atoms with E-state index in [0.29, 0.717) is 50.0 Å². The molecule has 0 spiro atoms. The van der Waals surface area contributed by atoms with Crippen molar-refractivity contribution in [1.29, 1.82) is 0 Å². The fourth-order valence-corrected chi connectivity index (χ4v) is 2.87. The first-order chi connectivity index (χ1) is 14.1. The molecule has 2 rings (SSSR count). The molecule has 0 atom stereocenters. The van der Waals surface area contributed by atoms with E-state index in [0.717, 1.165) is 10.5 Å². The summed E-state index contributed by atoms with van der Waals surface area (Å²) in [7, 11) is 0. The van der Waals surface area contributed by atoms with E-state index in [1.807, 2.05) is 12.1 Å². The zero-order valence-electron chi connectivity index (χ0n) is 16.0. The molecular formula is C21H25F2N3O3. The van der Waals surface area contributed by atoms with Gasteiger partial charge in [0.15, 0.2) is 0 Å². The normalized spacial score (nSPS) is 10.6. The van der Waals surface area contributed by atoms with Crippen LogP contribution in [-0.4, -0.2) is 43.9 Å². The van der Waals surface area contributed by atoms with Gasteiger partial charge < -0.3 is 15.7 Å². The van der Waals surface area contributed by atoms with Crippen molar-refractivity contribution in [3.8, 4) is 11.1 Å². The van der Waals surface area contributed by atoms with E-state index >= 15 is 0 Å². The SMILES string of the molecule is O=CNCCCN(C(=O)O)c1ccc(-c2ccc(CNCCCF)cc2)c(F)c1. The van der Waals surface area contributed by atoms with E-state index < -0.39 is 11.9 Å². The Morgan fingerprint density at radius 2 is 1.86 bits per heavy atom. The summed E-state index contributed by atoms with van der Waals surface area (Å²) in [6, 6.07) is 11.6. The van der Waals surface area contributed by atoms with Crippen LogP contribution in [0.4, 0.5) is 19.3 Å². The van der Waals surface area contributed by atoms with Gasteiger partial charge in [0.1, 0.15) is 5.82 Å². The highest BCUT2D eigenvalue weighted by atomic mass is 19.1. The van der Waals surface area contributed by atoms with Crippen molar-refractivity contribution in [2.24, 2.45) is 0 Å².